The molecule has 0 aromatic carbocycles. The summed E-state index contributed by atoms with van der Waals surface area (Å²) in [6.07, 6.45) is 71.4. The molecule has 0 aromatic rings. The van der Waals surface area contributed by atoms with E-state index in [1.165, 1.54) is 218 Å². The summed E-state index contributed by atoms with van der Waals surface area (Å²) < 4.78 is 16.9. The Bertz CT molecular complexity index is 1170. The number of ether oxygens (including phenoxy) is 3. The maximum absolute atomic E-state index is 12.9. The van der Waals surface area contributed by atoms with E-state index >= 15 is 0 Å². The molecular weight excluding hydrogens is 865 g/mol. The van der Waals surface area contributed by atoms with Crippen molar-refractivity contribution in [3.8, 4) is 0 Å². The second-order valence-electron chi connectivity index (χ2n) is 21.0. The van der Waals surface area contributed by atoms with Crippen LogP contribution < -0.4 is 0 Å². The SMILES string of the molecule is CCCCC/C=C\C/C=C\C/C=C\CCCCCCCCC(=O)OC(COC(=O)CCCCCCCCCCCCCC)COC(=O)CCCCCCCCCCCCCCCCCCCCCCC. The van der Waals surface area contributed by atoms with Crippen LogP contribution in [0.15, 0.2) is 36.5 Å². The van der Waals surface area contributed by atoms with Crippen LogP contribution in [0, 0.1) is 0 Å². The molecule has 0 rings (SSSR count). The molecule has 0 saturated heterocycles. The first kappa shape index (κ1) is 67.6. The van der Waals surface area contributed by atoms with Crippen molar-refractivity contribution in [3.05, 3.63) is 36.5 Å². The summed E-state index contributed by atoms with van der Waals surface area (Å²) in [5, 5.41) is 0. The molecule has 0 aliphatic heterocycles. The van der Waals surface area contributed by atoms with Gasteiger partial charge in [0.1, 0.15) is 13.2 Å². The van der Waals surface area contributed by atoms with E-state index < -0.39 is 6.10 Å². The maximum atomic E-state index is 12.9. The van der Waals surface area contributed by atoms with Crippen LogP contribution in [0.4, 0.5) is 0 Å². The van der Waals surface area contributed by atoms with Crippen molar-refractivity contribution in [2.45, 2.75) is 341 Å². The van der Waals surface area contributed by atoms with Crippen LogP contribution in [0.1, 0.15) is 335 Å². The molecule has 0 aliphatic carbocycles. The van der Waals surface area contributed by atoms with E-state index in [4.69, 9.17) is 14.2 Å². The van der Waals surface area contributed by atoms with E-state index in [0.29, 0.717) is 19.3 Å². The molecule has 0 aromatic heterocycles. The predicted molar refractivity (Wildman–Crippen MR) is 302 cm³/mol. The van der Waals surface area contributed by atoms with Crippen LogP contribution in [-0.2, 0) is 28.6 Å². The molecule has 0 heterocycles. The smallest absolute Gasteiger partial charge is 0.306 e. The second kappa shape index (κ2) is 59.2. The Hall–Kier alpha value is -2.37. The van der Waals surface area contributed by atoms with Crippen LogP contribution in [0.3, 0.4) is 0 Å². The first-order chi connectivity index (χ1) is 34.5. The molecular formula is C64H118O6. The van der Waals surface area contributed by atoms with Gasteiger partial charge >= 0.3 is 17.9 Å². The Labute approximate surface area is 435 Å². The summed E-state index contributed by atoms with van der Waals surface area (Å²) in [6.45, 7) is 6.65. The molecule has 0 N–H and O–H groups in total. The van der Waals surface area contributed by atoms with Gasteiger partial charge in [-0.1, -0.05) is 295 Å². The van der Waals surface area contributed by atoms with Crippen LogP contribution in [0.2, 0.25) is 0 Å². The highest BCUT2D eigenvalue weighted by Gasteiger charge is 2.19. The lowest BCUT2D eigenvalue weighted by Gasteiger charge is -2.18. The number of unbranched alkanes of at least 4 members (excludes halogenated alkanes) is 40. The van der Waals surface area contributed by atoms with E-state index in [9.17, 15) is 14.4 Å². The number of carbonyl (C=O) groups is 3. The summed E-state index contributed by atoms with van der Waals surface area (Å²) in [5.74, 6) is -0.863. The van der Waals surface area contributed by atoms with Gasteiger partial charge in [0, 0.05) is 19.3 Å². The number of hydrogen-bond acceptors (Lipinski definition) is 6. The van der Waals surface area contributed by atoms with Crippen molar-refractivity contribution in [3.63, 3.8) is 0 Å². The minimum absolute atomic E-state index is 0.0724. The van der Waals surface area contributed by atoms with Gasteiger partial charge < -0.3 is 14.2 Å². The van der Waals surface area contributed by atoms with Crippen LogP contribution in [0.25, 0.3) is 0 Å². The van der Waals surface area contributed by atoms with E-state index in [2.05, 4.69) is 57.2 Å². The Morgan fingerprint density at radius 1 is 0.286 bits per heavy atom. The molecule has 70 heavy (non-hydrogen) atoms. The molecule has 0 spiro atoms. The third-order valence-electron chi connectivity index (χ3n) is 13.9. The largest absolute Gasteiger partial charge is 0.462 e. The van der Waals surface area contributed by atoms with E-state index in [-0.39, 0.29) is 31.1 Å². The van der Waals surface area contributed by atoms with E-state index in [1.807, 2.05) is 0 Å². The molecule has 0 radical (unpaired) electrons. The standard InChI is InChI=1S/C64H118O6/c1-4-7-10-13-16-19-22-25-27-29-31-32-34-35-37-39-42-45-48-51-54-57-63(66)69-60-61(59-68-62(65)56-53-50-47-44-41-24-21-18-15-12-9-6-3)70-64(67)58-55-52-49-46-43-40-38-36-33-30-28-26-23-20-17-14-11-8-5-2/h17,20,26,28,33,36,61H,4-16,18-19,21-25,27,29-32,34-35,37-60H2,1-3H3/b20-17-,28-26-,36-33-. The van der Waals surface area contributed by atoms with Gasteiger partial charge in [0.2, 0.25) is 0 Å². The fourth-order valence-electron chi connectivity index (χ4n) is 9.22. The molecule has 0 bridgehead atoms. The zero-order valence-corrected chi connectivity index (χ0v) is 47.1. The number of esters is 3. The molecule has 0 aliphatic rings. The molecule has 1 atom stereocenters. The van der Waals surface area contributed by atoms with Crippen LogP contribution in [0.5, 0.6) is 0 Å². The van der Waals surface area contributed by atoms with Crippen LogP contribution >= 0.6 is 0 Å². The van der Waals surface area contributed by atoms with Gasteiger partial charge in [-0.2, -0.15) is 0 Å². The van der Waals surface area contributed by atoms with Crippen molar-refractivity contribution in [2.75, 3.05) is 13.2 Å². The first-order valence-electron chi connectivity index (χ1n) is 31.0. The molecule has 1 unspecified atom stereocenters. The minimum atomic E-state index is -0.775. The van der Waals surface area contributed by atoms with Gasteiger partial charge in [0.05, 0.1) is 0 Å². The average molecular weight is 984 g/mol. The van der Waals surface area contributed by atoms with Crippen molar-refractivity contribution in [1.29, 1.82) is 0 Å². The topological polar surface area (TPSA) is 78.9 Å². The Morgan fingerprint density at radius 2 is 0.514 bits per heavy atom. The average Bonchev–Trinajstić information content (AvgIpc) is 3.36. The third-order valence-corrected chi connectivity index (χ3v) is 13.9. The maximum Gasteiger partial charge on any atom is 0.306 e. The highest BCUT2D eigenvalue weighted by Crippen LogP contribution is 2.17. The lowest BCUT2D eigenvalue weighted by atomic mass is 10.0. The minimum Gasteiger partial charge on any atom is -0.462 e. The predicted octanol–water partition coefficient (Wildman–Crippen LogP) is 20.8. The number of rotatable bonds is 57. The first-order valence-corrected chi connectivity index (χ1v) is 31.0. The highest BCUT2D eigenvalue weighted by molar-refractivity contribution is 5.71. The zero-order chi connectivity index (χ0) is 50.7. The van der Waals surface area contributed by atoms with Gasteiger partial charge in [-0.25, -0.2) is 0 Å². The van der Waals surface area contributed by atoms with E-state index in [0.717, 1.165) is 77.0 Å². The molecule has 0 amide bonds. The quantitative estimate of drug-likeness (QED) is 0.0261. The number of hydrogen-bond donors (Lipinski definition) is 0. The Kier molecular flexibility index (Phi) is 57.2. The van der Waals surface area contributed by atoms with Gasteiger partial charge in [0.25, 0.3) is 0 Å². The summed E-state index contributed by atoms with van der Waals surface area (Å²) in [6, 6.07) is 0. The number of allylic oxidation sites excluding steroid dienone is 6. The fraction of sp³-hybridized carbons (Fsp3) is 0.859. The van der Waals surface area contributed by atoms with Crippen LogP contribution in [-0.4, -0.2) is 37.2 Å². The Morgan fingerprint density at radius 3 is 0.829 bits per heavy atom. The second-order valence-corrected chi connectivity index (χ2v) is 21.0. The zero-order valence-electron chi connectivity index (χ0n) is 47.1. The van der Waals surface area contributed by atoms with Crippen molar-refractivity contribution >= 4 is 17.9 Å². The Balaban J connectivity index is 4.29. The van der Waals surface area contributed by atoms with E-state index in [1.54, 1.807) is 0 Å². The summed E-state index contributed by atoms with van der Waals surface area (Å²) in [4.78, 5) is 38.2. The number of carbonyl (C=O) groups excluding carboxylic acids is 3. The normalized spacial score (nSPS) is 12.2. The molecule has 0 fully saturated rings. The molecule has 6 nitrogen and oxygen atoms in total. The summed E-state index contributed by atoms with van der Waals surface area (Å²) in [7, 11) is 0. The summed E-state index contributed by atoms with van der Waals surface area (Å²) in [5.41, 5.74) is 0. The molecule has 0 saturated carbocycles. The lowest BCUT2D eigenvalue weighted by molar-refractivity contribution is -0.167. The van der Waals surface area contributed by atoms with Gasteiger partial charge in [0.15, 0.2) is 6.10 Å². The van der Waals surface area contributed by atoms with Gasteiger partial charge in [-0.3, -0.25) is 14.4 Å². The van der Waals surface area contributed by atoms with Gasteiger partial charge in [-0.15, -0.1) is 0 Å². The van der Waals surface area contributed by atoms with Crippen molar-refractivity contribution < 1.29 is 28.6 Å². The molecule has 410 valence electrons. The van der Waals surface area contributed by atoms with Gasteiger partial charge in [-0.05, 0) is 57.8 Å². The highest BCUT2D eigenvalue weighted by atomic mass is 16.6. The van der Waals surface area contributed by atoms with Crippen molar-refractivity contribution in [2.24, 2.45) is 0 Å². The monoisotopic (exact) mass is 983 g/mol. The third kappa shape index (κ3) is 56.5. The lowest BCUT2D eigenvalue weighted by Crippen LogP contribution is -2.30. The fourth-order valence-corrected chi connectivity index (χ4v) is 9.22. The van der Waals surface area contributed by atoms with Crippen molar-refractivity contribution in [1.82, 2.24) is 0 Å². The molecule has 6 heteroatoms. The summed E-state index contributed by atoms with van der Waals surface area (Å²) >= 11 is 0.